The second-order valence-electron chi connectivity index (χ2n) is 5.57. The average molecular weight is 352 g/mol. The molecule has 10 heteroatoms. The van der Waals surface area contributed by atoms with E-state index in [1.807, 2.05) is 13.8 Å². The third-order valence-corrected chi connectivity index (χ3v) is 3.12. The summed E-state index contributed by atoms with van der Waals surface area (Å²) in [4.78, 5) is 45.5. The molecule has 25 heavy (non-hydrogen) atoms. The third-order valence-electron chi connectivity index (χ3n) is 3.12. The minimum atomic E-state index is -0.905. The molecule has 1 unspecified atom stereocenters. The predicted molar refractivity (Wildman–Crippen MR) is 87.5 cm³/mol. The lowest BCUT2D eigenvalue weighted by Gasteiger charge is -2.19. The van der Waals surface area contributed by atoms with Crippen molar-refractivity contribution in [2.24, 2.45) is 5.92 Å². The lowest BCUT2D eigenvalue weighted by Crippen LogP contribution is -2.52. The summed E-state index contributed by atoms with van der Waals surface area (Å²) >= 11 is 0. The molecule has 0 aliphatic rings. The Morgan fingerprint density at radius 2 is 1.92 bits per heavy atom. The molecule has 0 spiro atoms. The quantitative estimate of drug-likeness (QED) is 0.518. The summed E-state index contributed by atoms with van der Waals surface area (Å²) in [5.41, 5.74) is 4.11. The highest BCUT2D eigenvalue weighted by molar-refractivity contribution is 5.96. The number of carbonyl (C=O) groups excluding carboxylic acids is 3. The van der Waals surface area contributed by atoms with Gasteiger partial charge in [0.2, 0.25) is 0 Å². The van der Waals surface area contributed by atoms with Crippen molar-refractivity contribution in [3.63, 3.8) is 0 Å². The van der Waals surface area contributed by atoms with E-state index in [1.54, 1.807) is 0 Å². The lowest BCUT2D eigenvalue weighted by atomic mass is 10.0. The van der Waals surface area contributed by atoms with Gasteiger partial charge < -0.3 is 10.1 Å². The summed E-state index contributed by atoms with van der Waals surface area (Å²) < 4.78 is 4.46. The van der Waals surface area contributed by atoms with E-state index in [2.05, 4.69) is 20.9 Å². The minimum absolute atomic E-state index is 0.0100. The largest absolute Gasteiger partial charge is 0.453 e. The maximum Gasteiger partial charge on any atom is 0.407 e. The van der Waals surface area contributed by atoms with Gasteiger partial charge in [0.1, 0.15) is 6.04 Å². The van der Waals surface area contributed by atoms with Crippen LogP contribution >= 0.6 is 0 Å². The van der Waals surface area contributed by atoms with E-state index in [-0.39, 0.29) is 17.2 Å². The molecule has 0 aromatic heterocycles. The molecule has 10 nitrogen and oxygen atoms in total. The molecule has 3 amide bonds. The number of nitrogens with zero attached hydrogens (tertiary/aromatic N) is 1. The number of non-ortho nitro benzene ring substituents is 1. The van der Waals surface area contributed by atoms with Crippen LogP contribution in [0.3, 0.4) is 0 Å². The molecule has 1 atom stereocenters. The van der Waals surface area contributed by atoms with Crippen molar-refractivity contribution in [1.82, 2.24) is 16.2 Å². The van der Waals surface area contributed by atoms with E-state index >= 15 is 0 Å². The van der Waals surface area contributed by atoms with Crippen LogP contribution in [0.15, 0.2) is 24.3 Å². The first-order valence-electron chi connectivity index (χ1n) is 7.43. The molecule has 0 saturated carbocycles. The van der Waals surface area contributed by atoms with Crippen molar-refractivity contribution in [1.29, 1.82) is 0 Å². The maximum atomic E-state index is 12.1. The summed E-state index contributed by atoms with van der Waals surface area (Å²) in [5, 5.41) is 13.1. The zero-order chi connectivity index (χ0) is 19.0. The Morgan fingerprint density at radius 1 is 1.24 bits per heavy atom. The molecular weight excluding hydrogens is 332 g/mol. The number of hydrazine groups is 1. The van der Waals surface area contributed by atoms with Gasteiger partial charge in [0.25, 0.3) is 17.5 Å². The summed E-state index contributed by atoms with van der Waals surface area (Å²) in [6.45, 7) is 3.72. The molecule has 0 bridgehead atoms. The number of nitrogens with one attached hydrogen (secondary N) is 3. The van der Waals surface area contributed by atoms with E-state index in [0.717, 1.165) is 6.07 Å². The van der Waals surface area contributed by atoms with E-state index in [9.17, 15) is 24.5 Å². The van der Waals surface area contributed by atoms with Gasteiger partial charge in [-0.25, -0.2) is 4.79 Å². The smallest absolute Gasteiger partial charge is 0.407 e. The first-order valence-corrected chi connectivity index (χ1v) is 7.43. The van der Waals surface area contributed by atoms with Gasteiger partial charge in [0, 0.05) is 17.7 Å². The fraction of sp³-hybridized carbons (Fsp3) is 0.400. The van der Waals surface area contributed by atoms with Crippen molar-refractivity contribution in [3.05, 3.63) is 39.9 Å². The molecule has 0 radical (unpaired) electrons. The maximum absolute atomic E-state index is 12.1. The van der Waals surface area contributed by atoms with Crippen LogP contribution in [0.1, 0.15) is 30.6 Å². The van der Waals surface area contributed by atoms with Crippen LogP contribution in [-0.2, 0) is 9.53 Å². The molecule has 0 heterocycles. The summed E-state index contributed by atoms with van der Waals surface area (Å²) in [7, 11) is 1.17. The van der Waals surface area contributed by atoms with Crippen molar-refractivity contribution in [2.75, 3.05) is 7.11 Å². The van der Waals surface area contributed by atoms with Gasteiger partial charge >= 0.3 is 6.09 Å². The molecule has 0 aliphatic carbocycles. The number of amides is 3. The van der Waals surface area contributed by atoms with Gasteiger partial charge in [-0.2, -0.15) is 0 Å². The van der Waals surface area contributed by atoms with Gasteiger partial charge in [0.15, 0.2) is 0 Å². The molecule has 3 N–H and O–H groups in total. The Hall–Kier alpha value is -3.17. The van der Waals surface area contributed by atoms with Crippen molar-refractivity contribution >= 4 is 23.6 Å². The highest BCUT2D eigenvalue weighted by Crippen LogP contribution is 2.12. The fourth-order valence-electron chi connectivity index (χ4n) is 1.94. The second-order valence-corrected chi connectivity index (χ2v) is 5.57. The monoisotopic (exact) mass is 352 g/mol. The first-order chi connectivity index (χ1) is 11.7. The number of alkyl carbamates (subject to hydrolysis) is 1. The number of methoxy groups -OCH3 is 1. The molecule has 1 aromatic rings. The van der Waals surface area contributed by atoms with E-state index in [0.29, 0.717) is 6.42 Å². The van der Waals surface area contributed by atoms with Gasteiger partial charge in [-0.1, -0.05) is 19.9 Å². The fourth-order valence-corrected chi connectivity index (χ4v) is 1.94. The summed E-state index contributed by atoms with van der Waals surface area (Å²) in [6.07, 6.45) is -0.445. The predicted octanol–water partition coefficient (Wildman–Crippen LogP) is 1.13. The Labute approximate surface area is 144 Å². The SMILES string of the molecule is COC(=O)NC(CC(C)C)C(=O)NNC(=O)c1cccc([N+](=O)[O-])c1. The van der Waals surface area contributed by atoms with E-state index in [4.69, 9.17) is 0 Å². The summed E-state index contributed by atoms with van der Waals surface area (Å²) in [6, 6.07) is 4.15. The zero-order valence-corrected chi connectivity index (χ0v) is 14.1. The van der Waals surface area contributed by atoms with E-state index < -0.39 is 28.9 Å². The van der Waals surface area contributed by atoms with Crippen LogP contribution in [0.2, 0.25) is 0 Å². The van der Waals surface area contributed by atoms with E-state index in [1.165, 1.54) is 25.3 Å². The molecule has 0 saturated heterocycles. The number of hydrogen-bond acceptors (Lipinski definition) is 6. The van der Waals surface area contributed by atoms with Crippen LogP contribution in [0, 0.1) is 16.0 Å². The molecule has 0 fully saturated rings. The number of ether oxygens (including phenoxy) is 1. The van der Waals surface area contributed by atoms with Gasteiger partial charge in [-0.15, -0.1) is 0 Å². The van der Waals surface area contributed by atoms with Gasteiger partial charge in [-0.05, 0) is 18.4 Å². The Morgan fingerprint density at radius 3 is 2.48 bits per heavy atom. The normalized spacial score (nSPS) is 11.4. The number of hydrogen-bond donors (Lipinski definition) is 3. The Bertz CT molecular complexity index is 661. The third kappa shape index (κ3) is 6.45. The standard InChI is InChI=1S/C15H20N4O6/c1-9(2)7-12(16-15(22)25-3)14(21)18-17-13(20)10-5-4-6-11(8-10)19(23)24/h4-6,8-9,12H,7H2,1-3H3,(H,16,22)(H,17,20)(H,18,21). The number of rotatable bonds is 6. The summed E-state index contributed by atoms with van der Waals surface area (Å²) in [5.74, 6) is -1.27. The van der Waals surface area contributed by atoms with Crippen LogP contribution in [-0.4, -0.2) is 36.0 Å². The van der Waals surface area contributed by atoms with Gasteiger partial charge in [-0.3, -0.25) is 30.6 Å². The first kappa shape index (κ1) is 19.9. The van der Waals surface area contributed by atoms with Crippen molar-refractivity contribution in [3.8, 4) is 0 Å². The Kier molecular flexibility index (Phi) is 7.32. The molecule has 1 aromatic carbocycles. The van der Waals surface area contributed by atoms with Crippen molar-refractivity contribution < 1.29 is 24.0 Å². The highest BCUT2D eigenvalue weighted by Gasteiger charge is 2.23. The highest BCUT2D eigenvalue weighted by atomic mass is 16.6. The Balaban J connectivity index is 2.71. The average Bonchev–Trinajstić information content (AvgIpc) is 2.58. The molecule has 0 aliphatic heterocycles. The van der Waals surface area contributed by atoms with Gasteiger partial charge in [0.05, 0.1) is 12.0 Å². The molecule has 1 rings (SSSR count). The van der Waals surface area contributed by atoms with Crippen LogP contribution in [0.4, 0.5) is 10.5 Å². The van der Waals surface area contributed by atoms with Crippen LogP contribution in [0.5, 0.6) is 0 Å². The molecular formula is C15H20N4O6. The lowest BCUT2D eigenvalue weighted by molar-refractivity contribution is -0.384. The van der Waals surface area contributed by atoms with Crippen LogP contribution < -0.4 is 16.2 Å². The number of benzene rings is 1. The zero-order valence-electron chi connectivity index (χ0n) is 14.1. The molecule has 136 valence electrons. The number of carbonyl (C=O) groups is 3. The topological polar surface area (TPSA) is 140 Å². The second kappa shape index (κ2) is 9.21. The number of nitro groups is 1. The van der Waals surface area contributed by atoms with Crippen LogP contribution in [0.25, 0.3) is 0 Å². The number of nitro benzene ring substituents is 1. The minimum Gasteiger partial charge on any atom is -0.453 e. The van der Waals surface area contributed by atoms with Crippen molar-refractivity contribution in [2.45, 2.75) is 26.3 Å².